The molecular formula is C20H26N4O2. The van der Waals surface area contributed by atoms with Crippen LogP contribution in [-0.4, -0.2) is 43.7 Å². The van der Waals surface area contributed by atoms with Crippen LogP contribution in [-0.2, 0) is 9.53 Å². The van der Waals surface area contributed by atoms with E-state index >= 15 is 0 Å². The van der Waals surface area contributed by atoms with Gasteiger partial charge in [0.15, 0.2) is 0 Å². The van der Waals surface area contributed by atoms with Crippen LogP contribution in [0.15, 0.2) is 30.6 Å². The zero-order valence-electron chi connectivity index (χ0n) is 15.0. The number of nitrogens with one attached hydrogen (secondary N) is 1. The molecular weight excluding hydrogens is 328 g/mol. The smallest absolute Gasteiger partial charge is 0.227 e. The Labute approximate surface area is 153 Å². The van der Waals surface area contributed by atoms with Crippen molar-refractivity contribution < 1.29 is 9.53 Å². The van der Waals surface area contributed by atoms with Gasteiger partial charge in [-0.05, 0) is 43.5 Å². The fourth-order valence-corrected chi connectivity index (χ4v) is 4.25. The van der Waals surface area contributed by atoms with Crippen LogP contribution in [0, 0.1) is 11.8 Å². The van der Waals surface area contributed by atoms with Gasteiger partial charge in [0.2, 0.25) is 5.91 Å². The van der Waals surface area contributed by atoms with Crippen LogP contribution in [0.3, 0.4) is 0 Å². The van der Waals surface area contributed by atoms with E-state index in [0.717, 1.165) is 62.0 Å². The third kappa shape index (κ3) is 3.27. The standard InChI is InChI=1S/C20H26N4O2/c21-12-14-2-1-3-15(14)20(25)23-18-4-5-19(24-8-10-26-11-9-24)16-6-7-22-13-17(16)18/h4-7,13-15H,1-3,8-12,21H2,(H,23,25)/t14-,15-/m1/s1. The van der Waals surface area contributed by atoms with Gasteiger partial charge >= 0.3 is 0 Å². The molecule has 1 saturated carbocycles. The molecule has 1 aromatic heterocycles. The van der Waals surface area contributed by atoms with Crippen molar-refractivity contribution in [2.24, 2.45) is 17.6 Å². The molecule has 2 aliphatic rings. The van der Waals surface area contributed by atoms with Gasteiger partial charge in [-0.3, -0.25) is 9.78 Å². The van der Waals surface area contributed by atoms with Gasteiger partial charge in [-0.1, -0.05) is 6.42 Å². The quantitative estimate of drug-likeness (QED) is 0.881. The van der Waals surface area contributed by atoms with Crippen molar-refractivity contribution in [3.8, 4) is 0 Å². The fourth-order valence-electron chi connectivity index (χ4n) is 4.25. The molecule has 1 aliphatic heterocycles. The molecule has 1 saturated heterocycles. The van der Waals surface area contributed by atoms with Crippen molar-refractivity contribution >= 4 is 28.1 Å². The van der Waals surface area contributed by atoms with E-state index in [1.54, 1.807) is 6.20 Å². The van der Waals surface area contributed by atoms with E-state index in [9.17, 15) is 4.79 Å². The minimum Gasteiger partial charge on any atom is -0.378 e. The monoisotopic (exact) mass is 354 g/mol. The number of carbonyl (C=O) groups is 1. The average Bonchev–Trinajstić information content (AvgIpc) is 3.18. The lowest BCUT2D eigenvalue weighted by molar-refractivity contribution is -0.120. The molecule has 0 bridgehead atoms. The predicted molar refractivity (Wildman–Crippen MR) is 103 cm³/mol. The number of amides is 1. The number of morpholine rings is 1. The maximum Gasteiger partial charge on any atom is 0.227 e. The number of pyridine rings is 1. The summed E-state index contributed by atoms with van der Waals surface area (Å²) in [6.07, 6.45) is 6.70. The number of benzene rings is 1. The van der Waals surface area contributed by atoms with Crippen molar-refractivity contribution in [2.75, 3.05) is 43.1 Å². The molecule has 1 aromatic carbocycles. The second kappa shape index (κ2) is 7.60. The van der Waals surface area contributed by atoms with Gasteiger partial charge < -0.3 is 20.7 Å². The Bertz CT molecular complexity index is 788. The molecule has 6 heteroatoms. The first-order chi connectivity index (χ1) is 12.8. The SMILES string of the molecule is NC[C@H]1CCC[C@H]1C(=O)Nc1ccc(N2CCOCC2)c2ccncc12. The van der Waals surface area contributed by atoms with Gasteiger partial charge in [0.25, 0.3) is 0 Å². The third-order valence-electron chi connectivity index (χ3n) is 5.70. The summed E-state index contributed by atoms with van der Waals surface area (Å²) in [7, 11) is 0. The summed E-state index contributed by atoms with van der Waals surface area (Å²) in [5.41, 5.74) is 7.84. The van der Waals surface area contributed by atoms with Crippen molar-refractivity contribution in [2.45, 2.75) is 19.3 Å². The van der Waals surface area contributed by atoms with Crippen LogP contribution >= 0.6 is 0 Å². The highest BCUT2D eigenvalue weighted by molar-refractivity contribution is 6.06. The molecule has 2 atom stereocenters. The van der Waals surface area contributed by atoms with Gasteiger partial charge in [-0.2, -0.15) is 0 Å². The number of hydrogen-bond donors (Lipinski definition) is 2. The minimum atomic E-state index is 0.0191. The van der Waals surface area contributed by atoms with Gasteiger partial charge in [0, 0.05) is 47.9 Å². The topological polar surface area (TPSA) is 80.5 Å². The minimum absolute atomic E-state index is 0.0191. The first-order valence-corrected chi connectivity index (χ1v) is 9.48. The number of ether oxygens (including phenoxy) is 1. The second-order valence-electron chi connectivity index (χ2n) is 7.18. The molecule has 0 spiro atoms. The van der Waals surface area contributed by atoms with E-state index in [2.05, 4.69) is 21.3 Å². The summed E-state index contributed by atoms with van der Waals surface area (Å²) in [6.45, 7) is 3.82. The van der Waals surface area contributed by atoms with Crippen LogP contribution in [0.5, 0.6) is 0 Å². The van der Waals surface area contributed by atoms with Crippen LogP contribution in [0.4, 0.5) is 11.4 Å². The van der Waals surface area contributed by atoms with Crippen LogP contribution in [0.2, 0.25) is 0 Å². The highest BCUT2D eigenvalue weighted by Crippen LogP contribution is 2.35. The Balaban J connectivity index is 1.63. The number of rotatable bonds is 4. The van der Waals surface area contributed by atoms with Crippen molar-refractivity contribution in [1.29, 1.82) is 0 Å². The molecule has 2 fully saturated rings. The summed E-state index contributed by atoms with van der Waals surface area (Å²) < 4.78 is 5.47. The highest BCUT2D eigenvalue weighted by Gasteiger charge is 2.32. The van der Waals surface area contributed by atoms with Crippen molar-refractivity contribution in [1.82, 2.24) is 4.98 Å². The first kappa shape index (κ1) is 17.2. The summed E-state index contributed by atoms with van der Waals surface area (Å²) >= 11 is 0. The van der Waals surface area contributed by atoms with E-state index in [1.807, 2.05) is 18.3 Å². The summed E-state index contributed by atoms with van der Waals surface area (Å²) in [5, 5.41) is 5.23. The van der Waals surface area contributed by atoms with Gasteiger partial charge in [0.1, 0.15) is 0 Å². The lowest BCUT2D eigenvalue weighted by Crippen LogP contribution is -2.36. The van der Waals surface area contributed by atoms with Gasteiger partial charge in [-0.25, -0.2) is 0 Å². The summed E-state index contributed by atoms with van der Waals surface area (Å²) in [6, 6.07) is 6.12. The normalized spacial score (nSPS) is 23.3. The predicted octanol–water partition coefficient (Wildman–Crippen LogP) is 2.38. The third-order valence-corrected chi connectivity index (χ3v) is 5.70. The maximum atomic E-state index is 12.8. The van der Waals surface area contributed by atoms with Gasteiger partial charge in [0.05, 0.1) is 18.9 Å². The fraction of sp³-hybridized carbons (Fsp3) is 0.500. The van der Waals surface area contributed by atoms with Crippen molar-refractivity contribution in [3.63, 3.8) is 0 Å². The van der Waals surface area contributed by atoms with Crippen LogP contribution < -0.4 is 16.0 Å². The number of nitrogens with two attached hydrogens (primary N) is 1. The molecule has 6 nitrogen and oxygen atoms in total. The molecule has 1 aliphatic carbocycles. The van der Waals surface area contributed by atoms with Gasteiger partial charge in [-0.15, -0.1) is 0 Å². The molecule has 2 heterocycles. The number of nitrogens with zero attached hydrogens (tertiary/aromatic N) is 2. The zero-order valence-corrected chi connectivity index (χ0v) is 15.0. The molecule has 26 heavy (non-hydrogen) atoms. The lowest BCUT2D eigenvalue weighted by atomic mass is 9.95. The second-order valence-corrected chi connectivity index (χ2v) is 7.18. The molecule has 1 amide bonds. The Morgan fingerprint density at radius 2 is 2.08 bits per heavy atom. The molecule has 0 unspecified atom stereocenters. The largest absolute Gasteiger partial charge is 0.378 e. The molecule has 0 radical (unpaired) electrons. The maximum absolute atomic E-state index is 12.8. The molecule has 3 N–H and O–H groups in total. The van der Waals surface area contributed by atoms with E-state index in [-0.39, 0.29) is 11.8 Å². The van der Waals surface area contributed by atoms with E-state index in [0.29, 0.717) is 12.5 Å². The number of fused-ring (bicyclic) bond motifs is 1. The van der Waals surface area contributed by atoms with E-state index in [1.165, 1.54) is 5.69 Å². The van der Waals surface area contributed by atoms with Crippen LogP contribution in [0.25, 0.3) is 10.8 Å². The summed E-state index contributed by atoms with van der Waals surface area (Å²) in [5.74, 6) is 0.403. The molecule has 2 aromatic rings. The Morgan fingerprint density at radius 1 is 1.23 bits per heavy atom. The van der Waals surface area contributed by atoms with E-state index in [4.69, 9.17) is 10.5 Å². The van der Waals surface area contributed by atoms with E-state index < -0.39 is 0 Å². The molecule has 4 rings (SSSR count). The average molecular weight is 354 g/mol. The van der Waals surface area contributed by atoms with Crippen LogP contribution in [0.1, 0.15) is 19.3 Å². The number of aromatic nitrogens is 1. The Morgan fingerprint density at radius 3 is 2.88 bits per heavy atom. The Hall–Kier alpha value is -2.18. The number of hydrogen-bond acceptors (Lipinski definition) is 5. The zero-order chi connectivity index (χ0) is 17.9. The molecule has 138 valence electrons. The first-order valence-electron chi connectivity index (χ1n) is 9.48. The Kier molecular flexibility index (Phi) is 5.04. The number of anilines is 2. The lowest BCUT2D eigenvalue weighted by Gasteiger charge is -2.30. The summed E-state index contributed by atoms with van der Waals surface area (Å²) in [4.78, 5) is 19.4. The number of carbonyl (C=O) groups excluding carboxylic acids is 1. The highest BCUT2D eigenvalue weighted by atomic mass is 16.5. The van der Waals surface area contributed by atoms with Crippen molar-refractivity contribution in [3.05, 3.63) is 30.6 Å².